The van der Waals surface area contributed by atoms with E-state index in [0.29, 0.717) is 13.0 Å². The minimum Gasteiger partial charge on any atom is -0.285 e. The van der Waals surface area contributed by atoms with Gasteiger partial charge in [0.2, 0.25) is 11.8 Å². The van der Waals surface area contributed by atoms with Gasteiger partial charge in [0, 0.05) is 20.0 Å². The van der Waals surface area contributed by atoms with Crippen LogP contribution in [0.5, 0.6) is 0 Å². The van der Waals surface area contributed by atoms with Crippen LogP contribution in [0.3, 0.4) is 0 Å². The molecule has 10 heavy (non-hydrogen) atoms. The zero-order valence-corrected chi connectivity index (χ0v) is 5.83. The quantitative estimate of drug-likeness (QED) is 0.405. The summed E-state index contributed by atoms with van der Waals surface area (Å²) in [5.74, 6) is -0.339. The maximum absolute atomic E-state index is 10.9. The Morgan fingerprint density at radius 3 is 2.80 bits per heavy atom. The van der Waals surface area contributed by atoms with Gasteiger partial charge in [-0.05, 0) is 0 Å². The summed E-state index contributed by atoms with van der Waals surface area (Å²) in [6, 6.07) is 0. The first-order chi connectivity index (χ1) is 4.72. The van der Waals surface area contributed by atoms with Crippen molar-refractivity contribution in [2.24, 2.45) is 0 Å². The standard InChI is InChI=1S/C6H9N2O2/c1-8-5(9)2-3-7-4-6(8)10/h2-4H2,1H3. The SMILES string of the molecule is CN1C(=O)CC[N]CC1=O. The fraction of sp³-hybridized carbons (Fsp3) is 0.667. The summed E-state index contributed by atoms with van der Waals surface area (Å²) in [6.45, 7) is 0.636. The zero-order chi connectivity index (χ0) is 7.56. The van der Waals surface area contributed by atoms with Gasteiger partial charge in [-0.1, -0.05) is 0 Å². The molecule has 0 aromatic carbocycles. The fourth-order valence-electron chi connectivity index (χ4n) is 0.762. The predicted octanol–water partition coefficient (Wildman–Crippen LogP) is -1.02. The number of imide groups is 1. The summed E-state index contributed by atoms with van der Waals surface area (Å²) in [5, 5.41) is 3.84. The minimum atomic E-state index is -0.206. The number of hydrogen-bond acceptors (Lipinski definition) is 2. The molecule has 0 saturated carbocycles. The van der Waals surface area contributed by atoms with Gasteiger partial charge >= 0.3 is 0 Å². The van der Waals surface area contributed by atoms with E-state index in [0.717, 1.165) is 4.90 Å². The monoisotopic (exact) mass is 141 g/mol. The molecule has 0 aliphatic carbocycles. The van der Waals surface area contributed by atoms with Gasteiger partial charge in [-0.3, -0.25) is 14.5 Å². The van der Waals surface area contributed by atoms with Gasteiger partial charge in [0.25, 0.3) is 0 Å². The Balaban J connectivity index is 2.64. The van der Waals surface area contributed by atoms with Crippen LogP contribution in [-0.4, -0.2) is 36.9 Å². The number of carbonyl (C=O) groups is 2. The van der Waals surface area contributed by atoms with Crippen molar-refractivity contribution in [3.05, 3.63) is 0 Å². The molecule has 0 N–H and O–H groups in total. The molecule has 0 aromatic rings. The number of hydrogen-bond donors (Lipinski definition) is 0. The van der Waals surface area contributed by atoms with Crippen molar-refractivity contribution < 1.29 is 9.59 Å². The molecular weight excluding hydrogens is 132 g/mol. The van der Waals surface area contributed by atoms with E-state index in [1.54, 1.807) is 0 Å². The largest absolute Gasteiger partial charge is 0.285 e. The number of amides is 2. The highest BCUT2D eigenvalue weighted by Gasteiger charge is 2.19. The molecule has 1 rings (SSSR count). The topological polar surface area (TPSA) is 51.5 Å². The van der Waals surface area contributed by atoms with Gasteiger partial charge in [-0.15, -0.1) is 0 Å². The highest BCUT2D eigenvalue weighted by molar-refractivity contribution is 5.96. The third-order valence-corrected chi connectivity index (χ3v) is 1.48. The van der Waals surface area contributed by atoms with E-state index >= 15 is 0 Å². The van der Waals surface area contributed by atoms with Gasteiger partial charge < -0.3 is 0 Å². The summed E-state index contributed by atoms with van der Waals surface area (Å²) >= 11 is 0. The van der Waals surface area contributed by atoms with Crippen LogP contribution in [-0.2, 0) is 9.59 Å². The van der Waals surface area contributed by atoms with Gasteiger partial charge in [0.05, 0.1) is 6.54 Å². The number of carbonyl (C=O) groups excluding carboxylic acids is 2. The molecule has 0 aromatic heterocycles. The van der Waals surface area contributed by atoms with Crippen molar-refractivity contribution in [2.75, 3.05) is 20.1 Å². The predicted molar refractivity (Wildman–Crippen MR) is 34.3 cm³/mol. The normalized spacial score (nSPS) is 21.1. The maximum atomic E-state index is 10.9. The first kappa shape index (κ1) is 7.21. The molecule has 1 fully saturated rings. The molecule has 0 spiro atoms. The third kappa shape index (κ3) is 1.33. The van der Waals surface area contributed by atoms with Crippen molar-refractivity contribution in [3.63, 3.8) is 0 Å². The lowest BCUT2D eigenvalue weighted by Gasteiger charge is -2.09. The van der Waals surface area contributed by atoms with Crippen molar-refractivity contribution >= 4 is 11.8 Å². The number of rotatable bonds is 0. The molecule has 55 valence electrons. The van der Waals surface area contributed by atoms with E-state index in [1.165, 1.54) is 7.05 Å². The van der Waals surface area contributed by atoms with Crippen LogP contribution in [0.15, 0.2) is 0 Å². The molecule has 1 radical (unpaired) electrons. The van der Waals surface area contributed by atoms with Crippen LogP contribution < -0.4 is 5.32 Å². The summed E-state index contributed by atoms with van der Waals surface area (Å²) < 4.78 is 0. The van der Waals surface area contributed by atoms with Crippen molar-refractivity contribution in [1.29, 1.82) is 0 Å². The molecule has 1 aliphatic heterocycles. The van der Waals surface area contributed by atoms with Crippen molar-refractivity contribution in [2.45, 2.75) is 6.42 Å². The van der Waals surface area contributed by atoms with E-state index in [1.807, 2.05) is 0 Å². The third-order valence-electron chi connectivity index (χ3n) is 1.48. The lowest BCUT2D eigenvalue weighted by Crippen LogP contribution is -2.33. The lowest BCUT2D eigenvalue weighted by atomic mass is 10.4. The van der Waals surface area contributed by atoms with Gasteiger partial charge in [0.15, 0.2) is 0 Å². The molecular formula is C6H9N2O2. The second-order valence-corrected chi connectivity index (χ2v) is 2.20. The van der Waals surface area contributed by atoms with Crippen LogP contribution in [0, 0.1) is 0 Å². The Labute approximate surface area is 59.2 Å². The molecule has 0 unspecified atom stereocenters. The van der Waals surface area contributed by atoms with Gasteiger partial charge in [-0.2, -0.15) is 0 Å². The maximum Gasteiger partial charge on any atom is 0.244 e. The lowest BCUT2D eigenvalue weighted by molar-refractivity contribution is -0.141. The summed E-state index contributed by atoms with van der Waals surface area (Å²) in [4.78, 5) is 22.8. The highest BCUT2D eigenvalue weighted by Crippen LogP contribution is 1.95. The molecule has 2 amide bonds. The van der Waals surface area contributed by atoms with Crippen molar-refractivity contribution in [1.82, 2.24) is 10.2 Å². The number of likely N-dealkylation sites (N-methyl/N-ethyl adjacent to an activating group) is 1. The van der Waals surface area contributed by atoms with Crippen LogP contribution in [0.2, 0.25) is 0 Å². The van der Waals surface area contributed by atoms with Gasteiger partial charge in [-0.25, -0.2) is 5.32 Å². The smallest absolute Gasteiger partial charge is 0.244 e. The Kier molecular flexibility index (Phi) is 2.01. The Morgan fingerprint density at radius 2 is 2.10 bits per heavy atom. The molecule has 1 aliphatic rings. The van der Waals surface area contributed by atoms with Crippen LogP contribution in [0.4, 0.5) is 0 Å². The molecule has 0 atom stereocenters. The molecule has 4 nitrogen and oxygen atoms in total. The van der Waals surface area contributed by atoms with E-state index in [2.05, 4.69) is 5.32 Å². The zero-order valence-electron chi connectivity index (χ0n) is 5.83. The van der Waals surface area contributed by atoms with Crippen molar-refractivity contribution in [3.8, 4) is 0 Å². The summed E-state index contributed by atoms with van der Waals surface area (Å²) in [5.41, 5.74) is 0. The first-order valence-corrected chi connectivity index (χ1v) is 3.14. The van der Waals surface area contributed by atoms with E-state index in [4.69, 9.17) is 0 Å². The highest BCUT2D eigenvalue weighted by atomic mass is 16.2. The van der Waals surface area contributed by atoms with Crippen LogP contribution >= 0.6 is 0 Å². The van der Waals surface area contributed by atoms with E-state index in [-0.39, 0.29) is 18.4 Å². The van der Waals surface area contributed by atoms with Gasteiger partial charge in [0.1, 0.15) is 0 Å². The first-order valence-electron chi connectivity index (χ1n) is 3.14. The molecule has 1 saturated heterocycles. The molecule has 0 bridgehead atoms. The Hall–Kier alpha value is -0.900. The fourth-order valence-corrected chi connectivity index (χ4v) is 0.762. The Morgan fingerprint density at radius 1 is 1.40 bits per heavy atom. The Bertz CT molecular complexity index is 149. The average Bonchev–Trinajstić information content (AvgIpc) is 2.04. The minimum absolute atomic E-state index is 0.133. The van der Waals surface area contributed by atoms with Crippen LogP contribution in [0.1, 0.15) is 6.42 Å². The summed E-state index contributed by atoms with van der Waals surface area (Å²) in [7, 11) is 1.49. The van der Waals surface area contributed by atoms with E-state index in [9.17, 15) is 9.59 Å². The molecule has 1 heterocycles. The molecule has 4 heteroatoms. The van der Waals surface area contributed by atoms with E-state index < -0.39 is 0 Å². The average molecular weight is 141 g/mol. The second kappa shape index (κ2) is 2.79. The summed E-state index contributed by atoms with van der Waals surface area (Å²) in [6.07, 6.45) is 0.363. The second-order valence-electron chi connectivity index (χ2n) is 2.20. The number of nitrogens with zero attached hydrogens (tertiary/aromatic N) is 2. The van der Waals surface area contributed by atoms with Crippen LogP contribution in [0.25, 0.3) is 0 Å².